The fourth-order valence-electron chi connectivity index (χ4n) is 0.786. The van der Waals surface area contributed by atoms with Crippen LogP contribution < -0.4 is 11.1 Å². The molecular formula is C8H20N2. The van der Waals surface area contributed by atoms with E-state index in [4.69, 9.17) is 5.73 Å². The Hall–Kier alpha value is -0.0800. The first-order chi connectivity index (χ1) is 4.56. The van der Waals surface area contributed by atoms with Crippen LogP contribution in [0.4, 0.5) is 0 Å². The van der Waals surface area contributed by atoms with Crippen LogP contribution in [0, 0.1) is 0 Å². The van der Waals surface area contributed by atoms with Crippen LogP contribution in [-0.4, -0.2) is 12.2 Å². The minimum absolute atomic E-state index is 0.201. The monoisotopic (exact) mass is 144 g/mol. The summed E-state index contributed by atoms with van der Waals surface area (Å²) in [5, 5.41) is 3.23. The smallest absolute Gasteiger partial charge is 0.0603 e. The zero-order valence-electron chi connectivity index (χ0n) is 7.41. The highest BCUT2D eigenvalue weighted by Gasteiger charge is 2.06. The third kappa shape index (κ3) is 7.92. The maximum absolute atomic E-state index is 5.71. The molecule has 10 heavy (non-hydrogen) atoms. The standard InChI is InChI=1S/C8H20N2/c1-4-5-6-7-10-8(2,3)9/h10H,4-7,9H2,1-3H3. The van der Waals surface area contributed by atoms with Gasteiger partial charge in [0, 0.05) is 0 Å². The van der Waals surface area contributed by atoms with E-state index in [0.717, 1.165) is 6.54 Å². The zero-order valence-corrected chi connectivity index (χ0v) is 7.41. The lowest BCUT2D eigenvalue weighted by Gasteiger charge is -2.20. The van der Waals surface area contributed by atoms with Crippen LogP contribution in [0.1, 0.15) is 40.0 Å². The first kappa shape index (κ1) is 9.92. The SMILES string of the molecule is CCCCCNC(C)(C)N. The Balaban J connectivity index is 3.04. The molecule has 0 aliphatic carbocycles. The van der Waals surface area contributed by atoms with Crippen molar-refractivity contribution >= 4 is 0 Å². The van der Waals surface area contributed by atoms with E-state index in [2.05, 4.69) is 12.2 Å². The fourth-order valence-corrected chi connectivity index (χ4v) is 0.786. The van der Waals surface area contributed by atoms with Crippen LogP contribution in [-0.2, 0) is 0 Å². The highest BCUT2D eigenvalue weighted by molar-refractivity contribution is 4.67. The van der Waals surface area contributed by atoms with Gasteiger partial charge in [0.25, 0.3) is 0 Å². The zero-order chi connectivity index (χ0) is 8.04. The molecule has 0 amide bonds. The van der Waals surface area contributed by atoms with Gasteiger partial charge in [0.15, 0.2) is 0 Å². The quantitative estimate of drug-likeness (QED) is 0.453. The number of nitrogens with two attached hydrogens (primary N) is 1. The number of nitrogens with one attached hydrogen (secondary N) is 1. The second-order valence-electron chi connectivity index (χ2n) is 3.36. The van der Waals surface area contributed by atoms with Crippen molar-refractivity contribution in [2.75, 3.05) is 6.54 Å². The van der Waals surface area contributed by atoms with Gasteiger partial charge in [0.05, 0.1) is 5.66 Å². The Morgan fingerprint density at radius 2 is 1.90 bits per heavy atom. The Morgan fingerprint density at radius 3 is 2.30 bits per heavy atom. The van der Waals surface area contributed by atoms with Crippen molar-refractivity contribution in [2.24, 2.45) is 5.73 Å². The molecule has 0 aromatic carbocycles. The second-order valence-corrected chi connectivity index (χ2v) is 3.36. The van der Waals surface area contributed by atoms with Crippen LogP contribution >= 0.6 is 0 Å². The van der Waals surface area contributed by atoms with Gasteiger partial charge in [0.2, 0.25) is 0 Å². The van der Waals surface area contributed by atoms with E-state index in [-0.39, 0.29) is 5.66 Å². The summed E-state index contributed by atoms with van der Waals surface area (Å²) in [6, 6.07) is 0. The first-order valence-corrected chi connectivity index (χ1v) is 4.10. The molecule has 0 radical (unpaired) electrons. The predicted octanol–water partition coefficient (Wildman–Crippen LogP) is 1.46. The average molecular weight is 144 g/mol. The molecule has 0 bridgehead atoms. The molecule has 62 valence electrons. The molecule has 2 nitrogen and oxygen atoms in total. The van der Waals surface area contributed by atoms with Crippen LogP contribution in [0.3, 0.4) is 0 Å². The van der Waals surface area contributed by atoms with E-state index < -0.39 is 0 Å². The highest BCUT2D eigenvalue weighted by atomic mass is 15.1. The van der Waals surface area contributed by atoms with E-state index in [0.29, 0.717) is 0 Å². The Bertz CT molecular complexity index is 73.8. The fraction of sp³-hybridized carbons (Fsp3) is 1.00. The molecule has 0 fully saturated rings. The van der Waals surface area contributed by atoms with Crippen LogP contribution in [0.25, 0.3) is 0 Å². The minimum Gasteiger partial charge on any atom is -0.314 e. The lowest BCUT2D eigenvalue weighted by atomic mass is 10.2. The van der Waals surface area contributed by atoms with E-state index in [1.807, 2.05) is 13.8 Å². The molecule has 0 aromatic heterocycles. The lowest BCUT2D eigenvalue weighted by Crippen LogP contribution is -2.48. The summed E-state index contributed by atoms with van der Waals surface area (Å²) in [5.74, 6) is 0. The van der Waals surface area contributed by atoms with Crippen molar-refractivity contribution in [2.45, 2.75) is 45.7 Å². The number of unbranched alkanes of at least 4 members (excludes halogenated alkanes) is 2. The average Bonchev–Trinajstić information content (AvgIpc) is 1.78. The van der Waals surface area contributed by atoms with Crippen molar-refractivity contribution in [3.05, 3.63) is 0 Å². The van der Waals surface area contributed by atoms with Gasteiger partial charge in [-0.2, -0.15) is 0 Å². The molecule has 0 aliphatic heterocycles. The van der Waals surface area contributed by atoms with Gasteiger partial charge in [0.1, 0.15) is 0 Å². The molecule has 3 N–H and O–H groups in total. The highest BCUT2D eigenvalue weighted by Crippen LogP contribution is 1.94. The van der Waals surface area contributed by atoms with Crippen molar-refractivity contribution in [1.82, 2.24) is 5.32 Å². The molecule has 0 unspecified atom stereocenters. The Kier molecular flexibility index (Phi) is 4.65. The number of hydrogen-bond donors (Lipinski definition) is 2. The molecule has 0 atom stereocenters. The van der Waals surface area contributed by atoms with Crippen LogP contribution in [0.15, 0.2) is 0 Å². The Morgan fingerprint density at radius 1 is 1.30 bits per heavy atom. The molecule has 0 aliphatic rings. The van der Waals surface area contributed by atoms with E-state index >= 15 is 0 Å². The van der Waals surface area contributed by atoms with Gasteiger partial charge >= 0.3 is 0 Å². The minimum atomic E-state index is -0.201. The summed E-state index contributed by atoms with van der Waals surface area (Å²) in [6.45, 7) is 7.21. The van der Waals surface area contributed by atoms with Crippen LogP contribution in [0.5, 0.6) is 0 Å². The number of rotatable bonds is 5. The molecule has 0 saturated carbocycles. The summed E-state index contributed by atoms with van der Waals surface area (Å²) in [4.78, 5) is 0. The molecule has 2 heteroatoms. The topological polar surface area (TPSA) is 38.0 Å². The summed E-state index contributed by atoms with van der Waals surface area (Å²) in [6.07, 6.45) is 3.80. The van der Waals surface area contributed by atoms with Crippen molar-refractivity contribution in [1.29, 1.82) is 0 Å². The first-order valence-electron chi connectivity index (χ1n) is 4.10. The van der Waals surface area contributed by atoms with Crippen LogP contribution in [0.2, 0.25) is 0 Å². The van der Waals surface area contributed by atoms with E-state index in [9.17, 15) is 0 Å². The van der Waals surface area contributed by atoms with E-state index in [1.54, 1.807) is 0 Å². The molecule has 0 rings (SSSR count). The number of hydrogen-bond acceptors (Lipinski definition) is 2. The molecule has 0 aromatic rings. The van der Waals surface area contributed by atoms with Crippen molar-refractivity contribution < 1.29 is 0 Å². The van der Waals surface area contributed by atoms with Gasteiger partial charge in [-0.1, -0.05) is 19.8 Å². The molecule has 0 heterocycles. The van der Waals surface area contributed by atoms with Gasteiger partial charge in [-0.25, -0.2) is 0 Å². The van der Waals surface area contributed by atoms with Gasteiger partial charge in [-0.05, 0) is 26.8 Å². The Labute approximate surface area is 64.2 Å². The summed E-state index contributed by atoms with van der Waals surface area (Å²) in [7, 11) is 0. The van der Waals surface area contributed by atoms with Gasteiger partial charge in [-0.3, -0.25) is 5.32 Å². The van der Waals surface area contributed by atoms with Gasteiger partial charge in [-0.15, -0.1) is 0 Å². The maximum atomic E-state index is 5.71. The maximum Gasteiger partial charge on any atom is 0.0603 e. The molecular weight excluding hydrogens is 124 g/mol. The summed E-state index contributed by atoms with van der Waals surface area (Å²) in [5.41, 5.74) is 5.51. The lowest BCUT2D eigenvalue weighted by molar-refractivity contribution is 0.397. The predicted molar refractivity (Wildman–Crippen MR) is 45.8 cm³/mol. The van der Waals surface area contributed by atoms with Gasteiger partial charge < -0.3 is 5.73 Å². The van der Waals surface area contributed by atoms with Crippen molar-refractivity contribution in [3.8, 4) is 0 Å². The third-order valence-corrected chi connectivity index (χ3v) is 1.36. The summed E-state index contributed by atoms with van der Waals surface area (Å²) >= 11 is 0. The third-order valence-electron chi connectivity index (χ3n) is 1.36. The molecule has 0 spiro atoms. The second kappa shape index (κ2) is 4.69. The summed E-state index contributed by atoms with van der Waals surface area (Å²) < 4.78 is 0. The normalized spacial score (nSPS) is 12.0. The molecule has 0 saturated heterocycles. The van der Waals surface area contributed by atoms with Crippen molar-refractivity contribution in [3.63, 3.8) is 0 Å². The largest absolute Gasteiger partial charge is 0.314 e. The van der Waals surface area contributed by atoms with E-state index in [1.165, 1.54) is 19.3 Å².